The van der Waals surface area contributed by atoms with Gasteiger partial charge in [-0.3, -0.25) is 4.98 Å². The van der Waals surface area contributed by atoms with Crippen LogP contribution < -0.4 is 4.74 Å². The first-order chi connectivity index (χ1) is 12.4. The van der Waals surface area contributed by atoms with Crippen molar-refractivity contribution in [3.8, 4) is 34.1 Å². The number of benzene rings is 2. The minimum atomic E-state index is 0.786. The molecule has 0 amide bonds. The molecule has 4 rings (SSSR count). The lowest BCUT2D eigenvalue weighted by atomic mass is 10.1. The standard InChI is InChI=1S/C22H16N2O/c1-2-9-18(10-3-1)25-19-11-6-8-17(16-19)20-13-7-14-22(24-20)21-12-4-5-15-23-21/h1-16H. The largest absolute Gasteiger partial charge is 0.457 e. The first-order valence-electron chi connectivity index (χ1n) is 8.10. The lowest BCUT2D eigenvalue weighted by Crippen LogP contribution is -1.90. The Morgan fingerprint density at radius 3 is 2.12 bits per heavy atom. The van der Waals surface area contributed by atoms with E-state index in [-0.39, 0.29) is 0 Å². The maximum absolute atomic E-state index is 5.92. The molecule has 4 aromatic rings. The van der Waals surface area contributed by atoms with Crippen LogP contribution in [0.15, 0.2) is 97.2 Å². The van der Waals surface area contributed by atoms with E-state index in [9.17, 15) is 0 Å². The molecule has 0 aliphatic carbocycles. The third-order valence-electron chi connectivity index (χ3n) is 3.79. The molecule has 0 aliphatic heterocycles. The van der Waals surface area contributed by atoms with Crippen LogP contribution in [0.25, 0.3) is 22.6 Å². The number of para-hydroxylation sites is 1. The van der Waals surface area contributed by atoms with Gasteiger partial charge in [0.1, 0.15) is 11.5 Å². The third-order valence-corrected chi connectivity index (χ3v) is 3.79. The van der Waals surface area contributed by atoms with Crippen LogP contribution in [0, 0.1) is 0 Å². The van der Waals surface area contributed by atoms with Gasteiger partial charge < -0.3 is 4.74 Å². The van der Waals surface area contributed by atoms with Crippen LogP contribution in [0.5, 0.6) is 11.5 Å². The Kier molecular flexibility index (Phi) is 4.21. The van der Waals surface area contributed by atoms with E-state index in [4.69, 9.17) is 9.72 Å². The number of nitrogens with zero attached hydrogens (tertiary/aromatic N) is 2. The Labute approximate surface area is 146 Å². The van der Waals surface area contributed by atoms with Crippen molar-refractivity contribution in [1.82, 2.24) is 9.97 Å². The van der Waals surface area contributed by atoms with Crippen molar-refractivity contribution in [2.75, 3.05) is 0 Å². The number of pyridine rings is 2. The Balaban J connectivity index is 1.65. The molecule has 120 valence electrons. The minimum Gasteiger partial charge on any atom is -0.457 e. The number of hydrogen-bond donors (Lipinski definition) is 0. The first-order valence-corrected chi connectivity index (χ1v) is 8.10. The summed E-state index contributed by atoms with van der Waals surface area (Å²) in [5.41, 5.74) is 3.61. The van der Waals surface area contributed by atoms with Crippen molar-refractivity contribution < 1.29 is 4.74 Å². The van der Waals surface area contributed by atoms with Crippen molar-refractivity contribution >= 4 is 0 Å². The van der Waals surface area contributed by atoms with E-state index in [0.29, 0.717) is 0 Å². The van der Waals surface area contributed by atoms with Gasteiger partial charge in [-0.2, -0.15) is 0 Å². The van der Waals surface area contributed by atoms with Gasteiger partial charge in [0, 0.05) is 11.8 Å². The second-order valence-corrected chi connectivity index (χ2v) is 5.57. The maximum atomic E-state index is 5.92. The fourth-order valence-corrected chi connectivity index (χ4v) is 2.60. The molecule has 0 radical (unpaired) electrons. The summed E-state index contributed by atoms with van der Waals surface area (Å²) < 4.78 is 5.92. The normalized spacial score (nSPS) is 10.4. The Hall–Kier alpha value is -3.46. The van der Waals surface area contributed by atoms with Crippen LogP contribution in [-0.4, -0.2) is 9.97 Å². The predicted molar refractivity (Wildman–Crippen MR) is 99.4 cm³/mol. The van der Waals surface area contributed by atoms with Crippen LogP contribution in [0.4, 0.5) is 0 Å². The van der Waals surface area contributed by atoms with Gasteiger partial charge in [0.05, 0.1) is 17.1 Å². The number of aromatic nitrogens is 2. The molecule has 0 atom stereocenters. The van der Waals surface area contributed by atoms with E-state index >= 15 is 0 Å². The summed E-state index contributed by atoms with van der Waals surface area (Å²) in [6, 6.07) is 29.5. The van der Waals surface area contributed by atoms with Crippen LogP contribution in [0.1, 0.15) is 0 Å². The lowest BCUT2D eigenvalue weighted by Gasteiger charge is -2.08. The van der Waals surface area contributed by atoms with Gasteiger partial charge in [-0.25, -0.2) is 4.98 Å². The summed E-state index contributed by atoms with van der Waals surface area (Å²) in [4.78, 5) is 9.11. The van der Waals surface area contributed by atoms with Crippen molar-refractivity contribution in [3.63, 3.8) is 0 Å². The zero-order valence-electron chi connectivity index (χ0n) is 13.5. The molecule has 0 saturated heterocycles. The van der Waals surface area contributed by atoms with Gasteiger partial charge in [0.2, 0.25) is 0 Å². The Morgan fingerprint density at radius 2 is 1.28 bits per heavy atom. The molecule has 0 spiro atoms. The Bertz CT molecular complexity index is 969. The zero-order valence-corrected chi connectivity index (χ0v) is 13.5. The predicted octanol–water partition coefficient (Wildman–Crippen LogP) is 5.60. The molecule has 2 heterocycles. The van der Waals surface area contributed by atoms with Gasteiger partial charge in [0.25, 0.3) is 0 Å². The fraction of sp³-hybridized carbons (Fsp3) is 0. The van der Waals surface area contributed by atoms with Crippen molar-refractivity contribution in [2.45, 2.75) is 0 Å². The number of ether oxygens (including phenoxy) is 1. The average Bonchev–Trinajstić information content (AvgIpc) is 2.70. The van der Waals surface area contributed by atoms with Gasteiger partial charge in [0.15, 0.2) is 0 Å². The second kappa shape index (κ2) is 6.97. The molecule has 2 aromatic heterocycles. The van der Waals surface area contributed by atoms with Crippen molar-refractivity contribution in [2.24, 2.45) is 0 Å². The number of rotatable bonds is 4. The summed E-state index contributed by atoms with van der Waals surface area (Å²) >= 11 is 0. The molecule has 25 heavy (non-hydrogen) atoms. The molecule has 0 aliphatic rings. The second-order valence-electron chi connectivity index (χ2n) is 5.57. The molecule has 0 N–H and O–H groups in total. The van der Waals surface area contributed by atoms with E-state index in [0.717, 1.165) is 34.1 Å². The minimum absolute atomic E-state index is 0.786. The average molecular weight is 324 g/mol. The van der Waals surface area contributed by atoms with Crippen LogP contribution in [-0.2, 0) is 0 Å². The highest BCUT2D eigenvalue weighted by molar-refractivity contribution is 5.65. The monoisotopic (exact) mass is 324 g/mol. The summed E-state index contributed by atoms with van der Waals surface area (Å²) in [6.45, 7) is 0. The molecule has 0 bridgehead atoms. The highest BCUT2D eigenvalue weighted by Gasteiger charge is 2.05. The number of hydrogen-bond acceptors (Lipinski definition) is 3. The molecule has 0 fully saturated rings. The molecule has 0 unspecified atom stereocenters. The Morgan fingerprint density at radius 1 is 0.560 bits per heavy atom. The molecule has 2 aromatic carbocycles. The molecule has 3 nitrogen and oxygen atoms in total. The van der Waals surface area contributed by atoms with E-state index in [1.165, 1.54) is 0 Å². The van der Waals surface area contributed by atoms with Crippen molar-refractivity contribution in [1.29, 1.82) is 0 Å². The smallest absolute Gasteiger partial charge is 0.128 e. The highest BCUT2D eigenvalue weighted by Crippen LogP contribution is 2.27. The van der Waals surface area contributed by atoms with Crippen LogP contribution in [0.2, 0.25) is 0 Å². The molecular weight excluding hydrogens is 308 g/mol. The SMILES string of the molecule is c1ccc(Oc2cccc(-c3cccc(-c4ccccn4)n3)c2)cc1. The summed E-state index contributed by atoms with van der Waals surface area (Å²) in [5, 5.41) is 0. The quantitative estimate of drug-likeness (QED) is 0.490. The first kappa shape index (κ1) is 15.1. The zero-order chi connectivity index (χ0) is 16.9. The van der Waals surface area contributed by atoms with Gasteiger partial charge >= 0.3 is 0 Å². The molecule has 0 saturated carbocycles. The topological polar surface area (TPSA) is 35.0 Å². The van der Waals surface area contributed by atoms with Crippen LogP contribution >= 0.6 is 0 Å². The molecule has 3 heteroatoms. The van der Waals surface area contributed by atoms with Crippen LogP contribution in [0.3, 0.4) is 0 Å². The van der Waals surface area contributed by atoms with E-state index < -0.39 is 0 Å². The summed E-state index contributed by atoms with van der Waals surface area (Å²) in [6.07, 6.45) is 1.78. The van der Waals surface area contributed by atoms with Gasteiger partial charge in [-0.05, 0) is 48.5 Å². The van der Waals surface area contributed by atoms with E-state index in [1.807, 2.05) is 91.0 Å². The fourth-order valence-electron chi connectivity index (χ4n) is 2.60. The van der Waals surface area contributed by atoms with Crippen molar-refractivity contribution in [3.05, 3.63) is 97.2 Å². The lowest BCUT2D eigenvalue weighted by molar-refractivity contribution is 0.483. The van der Waals surface area contributed by atoms with Gasteiger partial charge in [-0.15, -0.1) is 0 Å². The van der Waals surface area contributed by atoms with Gasteiger partial charge in [-0.1, -0.05) is 42.5 Å². The van der Waals surface area contributed by atoms with E-state index in [1.54, 1.807) is 6.20 Å². The summed E-state index contributed by atoms with van der Waals surface area (Å²) in [5.74, 6) is 1.60. The third kappa shape index (κ3) is 3.56. The summed E-state index contributed by atoms with van der Waals surface area (Å²) in [7, 11) is 0. The maximum Gasteiger partial charge on any atom is 0.128 e. The molecular formula is C22H16N2O. The van der Waals surface area contributed by atoms with E-state index in [2.05, 4.69) is 4.98 Å². The highest BCUT2D eigenvalue weighted by atomic mass is 16.5.